The molecule has 0 radical (unpaired) electrons. The fraction of sp³-hybridized carbons (Fsp3) is 0.500. The van der Waals surface area contributed by atoms with Gasteiger partial charge in [0, 0.05) is 24.2 Å². The maximum atomic E-state index is 3.92. The zero-order valence-corrected chi connectivity index (χ0v) is 16.3. The van der Waals surface area contributed by atoms with E-state index in [-0.39, 0.29) is 0 Å². The number of benzene rings is 2. The molecule has 1 fully saturated rings. The summed E-state index contributed by atoms with van der Waals surface area (Å²) in [6.07, 6.45) is 7.47. The summed E-state index contributed by atoms with van der Waals surface area (Å²) in [5.41, 5.74) is 2.84. The van der Waals surface area contributed by atoms with Crippen molar-refractivity contribution in [3.05, 3.63) is 71.8 Å². The lowest BCUT2D eigenvalue weighted by molar-refractivity contribution is 0.251. The van der Waals surface area contributed by atoms with Gasteiger partial charge in [-0.3, -0.25) is 0 Å². The summed E-state index contributed by atoms with van der Waals surface area (Å²) in [4.78, 5) is 0. The average molecular weight is 351 g/mol. The van der Waals surface area contributed by atoms with Crippen molar-refractivity contribution in [1.82, 2.24) is 10.6 Å². The van der Waals surface area contributed by atoms with Crippen LogP contribution in [0.2, 0.25) is 0 Å². The van der Waals surface area contributed by atoms with E-state index >= 15 is 0 Å². The third kappa shape index (κ3) is 5.96. The maximum Gasteiger partial charge on any atom is 0.0223 e. The minimum Gasteiger partial charge on any atom is -0.310 e. The standard InChI is InChI=1S/C24H34N2/c1-19(17-21-11-5-3-6-12-21)25-23-15-9-10-16-24(23)26-20(2)18-22-13-7-4-8-14-22/h3-8,11-14,19-20,23-26H,9-10,15-18H2,1-2H3/t19?,20?,23-,24-/m0/s1. The first-order chi connectivity index (χ1) is 12.7. The van der Waals surface area contributed by atoms with Gasteiger partial charge < -0.3 is 10.6 Å². The Hall–Kier alpha value is -1.64. The lowest BCUT2D eigenvalue weighted by Gasteiger charge is -2.37. The number of hydrogen-bond donors (Lipinski definition) is 2. The van der Waals surface area contributed by atoms with Crippen molar-refractivity contribution >= 4 is 0 Å². The lowest BCUT2D eigenvalue weighted by atomic mass is 9.88. The molecule has 0 heterocycles. The van der Waals surface area contributed by atoms with Gasteiger partial charge in [-0.05, 0) is 50.7 Å². The van der Waals surface area contributed by atoms with Crippen molar-refractivity contribution in [3.8, 4) is 0 Å². The summed E-state index contributed by atoms with van der Waals surface area (Å²) in [7, 11) is 0. The molecule has 26 heavy (non-hydrogen) atoms. The Labute approximate surface area is 159 Å². The summed E-state index contributed by atoms with van der Waals surface area (Å²) < 4.78 is 0. The van der Waals surface area contributed by atoms with Gasteiger partial charge in [0.25, 0.3) is 0 Å². The first kappa shape index (κ1) is 19.1. The highest BCUT2D eigenvalue weighted by Crippen LogP contribution is 2.20. The molecule has 2 N–H and O–H groups in total. The van der Waals surface area contributed by atoms with E-state index in [1.165, 1.54) is 36.8 Å². The Morgan fingerprint density at radius 2 is 1.08 bits per heavy atom. The van der Waals surface area contributed by atoms with Gasteiger partial charge in [-0.25, -0.2) is 0 Å². The number of rotatable bonds is 8. The van der Waals surface area contributed by atoms with Crippen LogP contribution < -0.4 is 10.6 Å². The third-order valence-corrected chi connectivity index (χ3v) is 5.53. The van der Waals surface area contributed by atoms with Crippen molar-refractivity contribution in [2.24, 2.45) is 0 Å². The van der Waals surface area contributed by atoms with Gasteiger partial charge in [-0.15, -0.1) is 0 Å². The summed E-state index contributed by atoms with van der Waals surface area (Å²) in [6, 6.07) is 23.9. The van der Waals surface area contributed by atoms with Crippen molar-refractivity contribution in [2.75, 3.05) is 0 Å². The predicted molar refractivity (Wildman–Crippen MR) is 112 cm³/mol. The smallest absolute Gasteiger partial charge is 0.0223 e. The highest BCUT2D eigenvalue weighted by Gasteiger charge is 2.27. The van der Waals surface area contributed by atoms with E-state index in [0.29, 0.717) is 24.2 Å². The number of hydrogen-bond acceptors (Lipinski definition) is 2. The van der Waals surface area contributed by atoms with Crippen LogP contribution in [-0.4, -0.2) is 24.2 Å². The van der Waals surface area contributed by atoms with Crippen LogP contribution in [0.5, 0.6) is 0 Å². The molecule has 1 aliphatic carbocycles. The first-order valence-corrected chi connectivity index (χ1v) is 10.3. The van der Waals surface area contributed by atoms with E-state index in [1.54, 1.807) is 0 Å². The summed E-state index contributed by atoms with van der Waals surface area (Å²) in [6.45, 7) is 4.65. The largest absolute Gasteiger partial charge is 0.310 e. The molecule has 1 saturated carbocycles. The van der Waals surface area contributed by atoms with E-state index < -0.39 is 0 Å². The Morgan fingerprint density at radius 3 is 1.46 bits per heavy atom. The van der Waals surface area contributed by atoms with Gasteiger partial charge in [0.2, 0.25) is 0 Å². The van der Waals surface area contributed by atoms with Crippen molar-refractivity contribution in [2.45, 2.75) is 76.5 Å². The van der Waals surface area contributed by atoms with Gasteiger partial charge in [-0.1, -0.05) is 73.5 Å². The molecule has 0 saturated heterocycles. The molecular formula is C24H34N2. The van der Waals surface area contributed by atoms with E-state index in [0.717, 1.165) is 12.8 Å². The Kier molecular flexibility index (Phi) is 7.28. The molecule has 2 unspecified atom stereocenters. The average Bonchev–Trinajstić information content (AvgIpc) is 2.65. The van der Waals surface area contributed by atoms with Crippen molar-refractivity contribution in [1.29, 1.82) is 0 Å². The van der Waals surface area contributed by atoms with Gasteiger partial charge in [0.05, 0.1) is 0 Å². The SMILES string of the molecule is CC(Cc1ccccc1)N[C@H]1CCCC[C@@H]1NC(C)Cc1ccccc1. The van der Waals surface area contributed by atoms with Crippen LogP contribution in [0.15, 0.2) is 60.7 Å². The molecule has 0 spiro atoms. The van der Waals surface area contributed by atoms with E-state index in [9.17, 15) is 0 Å². The molecular weight excluding hydrogens is 316 g/mol. The topological polar surface area (TPSA) is 24.1 Å². The maximum absolute atomic E-state index is 3.92. The molecule has 140 valence electrons. The number of nitrogens with one attached hydrogen (secondary N) is 2. The minimum absolute atomic E-state index is 0.509. The molecule has 4 atom stereocenters. The first-order valence-electron chi connectivity index (χ1n) is 10.3. The fourth-order valence-corrected chi connectivity index (χ4v) is 4.31. The Balaban J connectivity index is 1.52. The monoisotopic (exact) mass is 350 g/mol. The van der Waals surface area contributed by atoms with Crippen LogP contribution in [0.1, 0.15) is 50.7 Å². The molecule has 2 nitrogen and oxygen atoms in total. The third-order valence-electron chi connectivity index (χ3n) is 5.53. The van der Waals surface area contributed by atoms with Gasteiger partial charge in [0.1, 0.15) is 0 Å². The molecule has 0 aliphatic heterocycles. The molecule has 2 aromatic carbocycles. The summed E-state index contributed by atoms with van der Waals surface area (Å²) in [5.74, 6) is 0. The van der Waals surface area contributed by atoms with E-state index in [1.807, 2.05) is 0 Å². The van der Waals surface area contributed by atoms with Crippen LogP contribution in [0.25, 0.3) is 0 Å². The molecule has 0 aromatic heterocycles. The Bertz CT molecular complexity index is 568. The van der Waals surface area contributed by atoms with Crippen LogP contribution in [-0.2, 0) is 12.8 Å². The molecule has 0 bridgehead atoms. The van der Waals surface area contributed by atoms with Gasteiger partial charge in [-0.2, -0.15) is 0 Å². The highest BCUT2D eigenvalue weighted by molar-refractivity contribution is 5.16. The lowest BCUT2D eigenvalue weighted by Crippen LogP contribution is -2.54. The van der Waals surface area contributed by atoms with Crippen LogP contribution in [0.3, 0.4) is 0 Å². The minimum atomic E-state index is 0.509. The zero-order chi connectivity index (χ0) is 18.2. The zero-order valence-electron chi connectivity index (χ0n) is 16.3. The second-order valence-electron chi connectivity index (χ2n) is 8.01. The molecule has 0 amide bonds. The summed E-state index contributed by atoms with van der Waals surface area (Å²) >= 11 is 0. The van der Waals surface area contributed by atoms with Gasteiger partial charge >= 0.3 is 0 Å². The van der Waals surface area contributed by atoms with Crippen molar-refractivity contribution in [3.63, 3.8) is 0 Å². The van der Waals surface area contributed by atoms with Crippen LogP contribution in [0.4, 0.5) is 0 Å². The molecule has 2 aromatic rings. The second-order valence-corrected chi connectivity index (χ2v) is 8.01. The molecule has 2 heteroatoms. The van der Waals surface area contributed by atoms with E-state index in [4.69, 9.17) is 0 Å². The normalized spacial score (nSPS) is 22.7. The molecule has 3 rings (SSSR count). The quantitative estimate of drug-likeness (QED) is 0.718. The van der Waals surface area contributed by atoms with Crippen molar-refractivity contribution < 1.29 is 0 Å². The fourth-order valence-electron chi connectivity index (χ4n) is 4.31. The predicted octanol–water partition coefficient (Wildman–Crippen LogP) is 4.74. The summed E-state index contributed by atoms with van der Waals surface area (Å²) in [5, 5.41) is 7.85. The van der Waals surface area contributed by atoms with Crippen LogP contribution in [0, 0.1) is 0 Å². The highest BCUT2D eigenvalue weighted by atomic mass is 15.1. The molecule has 1 aliphatic rings. The second kappa shape index (κ2) is 9.89. The Morgan fingerprint density at radius 1 is 0.692 bits per heavy atom. The van der Waals surface area contributed by atoms with Crippen LogP contribution >= 0.6 is 0 Å². The van der Waals surface area contributed by atoms with E-state index in [2.05, 4.69) is 85.1 Å². The van der Waals surface area contributed by atoms with Gasteiger partial charge in [0.15, 0.2) is 0 Å².